The SMILES string of the molecule is C[C@@H]1CC[C@H]2[C@@H](C)[C@](OCc3ccc(C(=O)O)cc3Cl)(C(F)(F)F)O[C@@H]3O[C@@]4(C)CC[C@@H]1[C@]32OO4. The maximum absolute atomic E-state index is 14.8. The smallest absolute Gasteiger partial charge is 0.443 e. The summed E-state index contributed by atoms with van der Waals surface area (Å²) in [6, 6.07) is 3.78. The van der Waals surface area contributed by atoms with Gasteiger partial charge in [-0.2, -0.15) is 13.2 Å². The molecule has 0 aromatic heterocycles. The molecule has 5 fully saturated rings. The van der Waals surface area contributed by atoms with Gasteiger partial charge in [-0.05, 0) is 55.7 Å². The molecule has 6 rings (SSSR count). The van der Waals surface area contributed by atoms with Gasteiger partial charge in [0.15, 0.2) is 11.9 Å². The predicted octanol–water partition coefficient (Wildman–Crippen LogP) is 5.70. The molecule has 1 spiro atoms. The van der Waals surface area contributed by atoms with Gasteiger partial charge in [0.25, 0.3) is 5.79 Å². The van der Waals surface area contributed by atoms with E-state index in [1.54, 1.807) is 6.92 Å². The second-order valence-corrected chi connectivity index (χ2v) is 10.8. The summed E-state index contributed by atoms with van der Waals surface area (Å²) in [6.07, 6.45) is -3.88. The Balaban J connectivity index is 1.53. The van der Waals surface area contributed by atoms with Gasteiger partial charge in [0.05, 0.1) is 12.2 Å². The summed E-state index contributed by atoms with van der Waals surface area (Å²) in [7, 11) is 0. The molecular formula is C24H28ClF3O7. The first-order valence-electron chi connectivity index (χ1n) is 11.8. The normalized spacial score (nSPS) is 42.9. The Bertz CT molecular complexity index is 1020. The molecule has 5 aliphatic rings. The van der Waals surface area contributed by atoms with Gasteiger partial charge in [-0.15, -0.1) is 0 Å². The van der Waals surface area contributed by atoms with Crippen LogP contribution < -0.4 is 0 Å². The summed E-state index contributed by atoms with van der Waals surface area (Å²) in [6.45, 7) is 4.64. The van der Waals surface area contributed by atoms with Crippen molar-refractivity contribution in [2.75, 3.05) is 0 Å². The van der Waals surface area contributed by atoms with Crippen LogP contribution in [0.25, 0.3) is 0 Å². The van der Waals surface area contributed by atoms with Crippen LogP contribution in [-0.2, 0) is 30.6 Å². The number of carboxylic acid groups (broad SMARTS) is 1. The Morgan fingerprint density at radius 3 is 2.57 bits per heavy atom. The highest BCUT2D eigenvalue weighted by Crippen LogP contribution is 2.64. The summed E-state index contributed by atoms with van der Waals surface area (Å²) in [5, 5.41) is 9.12. The molecule has 4 saturated heterocycles. The van der Waals surface area contributed by atoms with Gasteiger partial charge in [0, 0.05) is 23.3 Å². The maximum Gasteiger partial charge on any atom is 0.443 e. The van der Waals surface area contributed by atoms with Crippen molar-refractivity contribution in [3.63, 3.8) is 0 Å². The standard InChI is InChI=1S/C24H28ClF3O7/c1-12-4-7-17-13(2)23(24(26,27)28,31-11-15-6-5-14(19(29)30)10-18(15)25)33-20-22(17)16(12)8-9-21(3,32-20)34-35-22/h5-6,10,12-13,16-17,20H,4,7-9,11H2,1-3H3,(H,29,30)/t12-,13-,16+,17+,20+,21-,22-,23-/m1/s1. The fraction of sp³-hybridized carbons (Fsp3) is 0.708. The first-order valence-corrected chi connectivity index (χ1v) is 12.2. The Morgan fingerprint density at radius 1 is 1.17 bits per heavy atom. The van der Waals surface area contributed by atoms with E-state index in [0.29, 0.717) is 19.3 Å². The topological polar surface area (TPSA) is 83.5 Å². The number of carbonyl (C=O) groups is 1. The Kier molecular flexibility index (Phi) is 5.98. The van der Waals surface area contributed by atoms with E-state index in [-0.39, 0.29) is 28.0 Å². The van der Waals surface area contributed by atoms with Crippen LogP contribution in [0.5, 0.6) is 0 Å². The van der Waals surface area contributed by atoms with Crippen molar-refractivity contribution in [3.8, 4) is 0 Å². The molecule has 1 aliphatic carbocycles. The zero-order chi connectivity index (χ0) is 25.4. The molecule has 0 unspecified atom stereocenters. The molecule has 194 valence electrons. The summed E-state index contributed by atoms with van der Waals surface area (Å²) in [5.74, 6) is -7.07. The number of alkyl halides is 3. The number of carboxylic acids is 1. The minimum atomic E-state index is -4.91. The largest absolute Gasteiger partial charge is 0.478 e. The van der Waals surface area contributed by atoms with Crippen molar-refractivity contribution < 1.29 is 47.1 Å². The van der Waals surface area contributed by atoms with E-state index < -0.39 is 54.1 Å². The summed E-state index contributed by atoms with van der Waals surface area (Å²) in [5.41, 5.74) is -1.04. The second kappa shape index (κ2) is 8.29. The lowest BCUT2D eigenvalue weighted by Crippen LogP contribution is -2.75. The van der Waals surface area contributed by atoms with E-state index in [1.807, 2.05) is 0 Å². The van der Waals surface area contributed by atoms with Crippen LogP contribution >= 0.6 is 11.6 Å². The van der Waals surface area contributed by atoms with Gasteiger partial charge in [0.1, 0.15) is 0 Å². The quantitative estimate of drug-likeness (QED) is 0.510. The Hall–Kier alpha value is -1.43. The molecule has 8 atom stereocenters. The number of fused-ring (bicyclic) bond motifs is 2. The molecule has 11 heteroatoms. The summed E-state index contributed by atoms with van der Waals surface area (Å²) < 4.78 is 62.0. The molecule has 1 aromatic rings. The van der Waals surface area contributed by atoms with Crippen molar-refractivity contribution in [2.24, 2.45) is 23.7 Å². The van der Waals surface area contributed by atoms with Crippen molar-refractivity contribution in [1.29, 1.82) is 0 Å². The second-order valence-electron chi connectivity index (χ2n) is 10.4. The van der Waals surface area contributed by atoms with Crippen LogP contribution in [0.4, 0.5) is 13.2 Å². The van der Waals surface area contributed by atoms with Gasteiger partial charge >= 0.3 is 12.1 Å². The highest BCUT2D eigenvalue weighted by Gasteiger charge is 2.77. The zero-order valence-electron chi connectivity index (χ0n) is 19.6. The van der Waals surface area contributed by atoms with Gasteiger partial charge in [-0.3, -0.25) is 0 Å². The number of halogens is 4. The summed E-state index contributed by atoms with van der Waals surface area (Å²) in [4.78, 5) is 22.8. The molecule has 35 heavy (non-hydrogen) atoms. The van der Waals surface area contributed by atoms with Gasteiger partial charge < -0.3 is 19.3 Å². The third-order valence-electron chi connectivity index (χ3n) is 8.40. The molecule has 1 N–H and O–H groups in total. The van der Waals surface area contributed by atoms with E-state index in [4.69, 9.17) is 40.7 Å². The lowest BCUT2D eigenvalue weighted by molar-refractivity contribution is -0.599. The van der Waals surface area contributed by atoms with Crippen LogP contribution in [-0.4, -0.2) is 40.7 Å². The minimum absolute atomic E-state index is 0.0114. The molecular weight excluding hydrogens is 493 g/mol. The molecule has 1 saturated carbocycles. The average molecular weight is 521 g/mol. The van der Waals surface area contributed by atoms with Crippen molar-refractivity contribution in [2.45, 2.75) is 82.7 Å². The fourth-order valence-corrected chi connectivity index (χ4v) is 6.71. The molecule has 4 heterocycles. The minimum Gasteiger partial charge on any atom is -0.478 e. The molecule has 7 nitrogen and oxygen atoms in total. The highest BCUT2D eigenvalue weighted by molar-refractivity contribution is 6.31. The van der Waals surface area contributed by atoms with Gasteiger partial charge in [0.2, 0.25) is 5.79 Å². The average Bonchev–Trinajstić information content (AvgIpc) is 3.01. The Labute approximate surface area is 205 Å². The van der Waals surface area contributed by atoms with Crippen LogP contribution in [0, 0.1) is 23.7 Å². The number of ether oxygens (including phenoxy) is 3. The molecule has 1 aromatic carbocycles. The number of hydrogen-bond donors (Lipinski definition) is 1. The third kappa shape index (κ3) is 3.71. The lowest BCUT2D eigenvalue weighted by atomic mass is 9.57. The van der Waals surface area contributed by atoms with E-state index in [9.17, 15) is 18.0 Å². The summed E-state index contributed by atoms with van der Waals surface area (Å²) >= 11 is 6.16. The highest BCUT2D eigenvalue weighted by atomic mass is 35.5. The molecule has 0 amide bonds. The maximum atomic E-state index is 14.8. The predicted molar refractivity (Wildman–Crippen MR) is 115 cm³/mol. The molecule has 2 bridgehead atoms. The number of aromatic carboxylic acids is 1. The van der Waals surface area contributed by atoms with Crippen LogP contribution in [0.2, 0.25) is 5.02 Å². The van der Waals surface area contributed by atoms with Gasteiger partial charge in [-0.1, -0.05) is 31.5 Å². The third-order valence-corrected chi connectivity index (χ3v) is 8.75. The number of hydrogen-bond acceptors (Lipinski definition) is 6. The van der Waals surface area contributed by atoms with E-state index in [0.717, 1.165) is 6.42 Å². The van der Waals surface area contributed by atoms with E-state index >= 15 is 0 Å². The van der Waals surface area contributed by atoms with Gasteiger partial charge in [-0.25, -0.2) is 14.6 Å². The van der Waals surface area contributed by atoms with Crippen LogP contribution in [0.15, 0.2) is 18.2 Å². The van der Waals surface area contributed by atoms with Crippen molar-refractivity contribution >= 4 is 17.6 Å². The Morgan fingerprint density at radius 2 is 1.91 bits per heavy atom. The first kappa shape index (κ1) is 25.2. The van der Waals surface area contributed by atoms with E-state index in [1.165, 1.54) is 25.1 Å². The number of rotatable bonds is 4. The van der Waals surface area contributed by atoms with Crippen LogP contribution in [0.1, 0.15) is 62.4 Å². The fourth-order valence-electron chi connectivity index (χ4n) is 6.47. The number of benzene rings is 1. The lowest BCUT2D eigenvalue weighted by Gasteiger charge is -2.62. The monoisotopic (exact) mass is 520 g/mol. The van der Waals surface area contributed by atoms with Crippen molar-refractivity contribution in [1.82, 2.24) is 0 Å². The molecule has 4 aliphatic heterocycles. The van der Waals surface area contributed by atoms with E-state index in [2.05, 4.69) is 6.92 Å². The van der Waals surface area contributed by atoms with Crippen molar-refractivity contribution in [3.05, 3.63) is 34.3 Å². The first-order chi connectivity index (χ1) is 16.3. The van der Waals surface area contributed by atoms with Crippen LogP contribution in [0.3, 0.4) is 0 Å². The molecule has 0 radical (unpaired) electrons. The zero-order valence-corrected chi connectivity index (χ0v) is 20.3.